The minimum atomic E-state index is -4.53. The molecule has 0 aromatic heterocycles. The molecule has 1 heterocycles. The van der Waals surface area contributed by atoms with Crippen molar-refractivity contribution in [2.45, 2.75) is 19.0 Å². The van der Waals surface area contributed by atoms with Crippen molar-refractivity contribution in [3.05, 3.63) is 6.42 Å². The molecule has 1 aliphatic heterocycles. The molecule has 1 fully saturated rings. The van der Waals surface area contributed by atoms with E-state index in [0.717, 1.165) is 0 Å². The Bertz CT molecular complexity index is 136. The van der Waals surface area contributed by atoms with E-state index in [1.54, 1.807) is 7.05 Å². The predicted molar refractivity (Wildman–Crippen MR) is 32.5 cm³/mol. The van der Waals surface area contributed by atoms with Gasteiger partial charge in [0.25, 0.3) is 0 Å². The summed E-state index contributed by atoms with van der Waals surface area (Å²) in [5.41, 5.74) is 0. The van der Waals surface area contributed by atoms with Crippen molar-refractivity contribution in [2.75, 3.05) is 13.6 Å². The average Bonchev–Trinajstić information content (AvgIpc) is 2.12. The first-order valence-corrected chi connectivity index (χ1v) is 3.27. The maximum Gasteiger partial charge on any atom is 0.524 e. The van der Waals surface area contributed by atoms with E-state index < -0.39 is 12.6 Å². The number of nitrogens with zero attached hydrogens (tertiary/aromatic N) is 1. The Hall–Kier alpha value is -0.290. The van der Waals surface area contributed by atoms with Crippen molar-refractivity contribution in [1.82, 2.24) is 4.90 Å². The van der Waals surface area contributed by atoms with Crippen molar-refractivity contribution < 1.29 is 17.9 Å². The van der Waals surface area contributed by atoms with Crippen LogP contribution < -0.4 is 0 Å². The van der Waals surface area contributed by atoms with Crippen LogP contribution in [0.1, 0.15) is 6.42 Å². The second kappa shape index (κ2) is 2.98. The highest BCUT2D eigenvalue weighted by atomic mass is 19.4. The van der Waals surface area contributed by atoms with Gasteiger partial charge < -0.3 is 0 Å². The standard InChI is InChI=1S/C6H9F3NO/c1-10-4-2-3-5(10)11-6(7,8)9/h3,5H,2,4H2,1H3. The van der Waals surface area contributed by atoms with Crippen LogP contribution in [0.4, 0.5) is 13.2 Å². The molecule has 1 saturated heterocycles. The topological polar surface area (TPSA) is 12.5 Å². The van der Waals surface area contributed by atoms with Crippen LogP contribution in [0.5, 0.6) is 0 Å². The van der Waals surface area contributed by atoms with Gasteiger partial charge in [-0.15, -0.1) is 13.2 Å². The van der Waals surface area contributed by atoms with Gasteiger partial charge in [0.1, 0.15) is 6.23 Å². The van der Waals surface area contributed by atoms with Gasteiger partial charge >= 0.3 is 6.36 Å². The van der Waals surface area contributed by atoms with Gasteiger partial charge in [-0.2, -0.15) is 0 Å². The number of alkyl halides is 3. The maximum absolute atomic E-state index is 11.6. The van der Waals surface area contributed by atoms with Crippen LogP contribution in [0.3, 0.4) is 0 Å². The third kappa shape index (κ3) is 2.67. The Kier molecular flexibility index (Phi) is 2.39. The molecule has 0 aromatic carbocycles. The lowest BCUT2D eigenvalue weighted by atomic mass is 10.4. The molecule has 0 amide bonds. The van der Waals surface area contributed by atoms with E-state index in [1.807, 2.05) is 0 Å². The molecule has 1 aliphatic rings. The highest BCUT2D eigenvalue weighted by molar-refractivity contribution is 4.84. The van der Waals surface area contributed by atoms with Crippen molar-refractivity contribution in [2.24, 2.45) is 0 Å². The number of hydrogen-bond donors (Lipinski definition) is 0. The first kappa shape index (κ1) is 8.80. The van der Waals surface area contributed by atoms with Crippen LogP contribution in [0.2, 0.25) is 0 Å². The molecule has 1 unspecified atom stereocenters. The molecule has 0 spiro atoms. The quantitative estimate of drug-likeness (QED) is 0.586. The Labute approximate surface area is 62.9 Å². The average molecular weight is 168 g/mol. The first-order valence-electron chi connectivity index (χ1n) is 3.27. The molecule has 1 rings (SSSR count). The maximum atomic E-state index is 11.6. The summed E-state index contributed by atoms with van der Waals surface area (Å²) in [6, 6.07) is 0. The lowest BCUT2D eigenvalue weighted by molar-refractivity contribution is -0.350. The fourth-order valence-corrected chi connectivity index (χ4v) is 1.00. The van der Waals surface area contributed by atoms with E-state index in [0.29, 0.717) is 13.0 Å². The van der Waals surface area contributed by atoms with Crippen LogP contribution in [-0.4, -0.2) is 31.1 Å². The number of likely N-dealkylation sites (tertiary alicyclic amines) is 1. The zero-order chi connectivity index (χ0) is 8.48. The summed E-state index contributed by atoms with van der Waals surface area (Å²) in [5.74, 6) is 0. The number of ether oxygens (including phenoxy) is 1. The van der Waals surface area contributed by atoms with E-state index in [4.69, 9.17) is 0 Å². The summed E-state index contributed by atoms with van der Waals surface area (Å²) >= 11 is 0. The molecular weight excluding hydrogens is 159 g/mol. The van der Waals surface area contributed by atoms with Crippen molar-refractivity contribution >= 4 is 0 Å². The minimum absolute atomic E-state index is 0.626. The lowest BCUT2D eigenvalue weighted by Crippen LogP contribution is -2.33. The molecule has 5 heteroatoms. The number of halogens is 3. The molecule has 0 aliphatic carbocycles. The fourth-order valence-electron chi connectivity index (χ4n) is 1.00. The molecular formula is C6H9F3NO. The van der Waals surface area contributed by atoms with Gasteiger partial charge in [-0.3, -0.25) is 9.64 Å². The second-order valence-corrected chi connectivity index (χ2v) is 2.46. The molecule has 0 aromatic rings. The molecule has 1 radical (unpaired) electrons. The molecule has 1 atom stereocenters. The zero-order valence-electron chi connectivity index (χ0n) is 6.06. The van der Waals surface area contributed by atoms with Crippen LogP contribution in [0, 0.1) is 6.42 Å². The Morgan fingerprint density at radius 2 is 2.18 bits per heavy atom. The summed E-state index contributed by atoms with van der Waals surface area (Å²) < 4.78 is 38.6. The lowest BCUT2D eigenvalue weighted by Gasteiger charge is -2.20. The van der Waals surface area contributed by atoms with Gasteiger partial charge in [-0.05, 0) is 13.5 Å². The molecule has 0 bridgehead atoms. The zero-order valence-corrected chi connectivity index (χ0v) is 6.06. The smallest absolute Gasteiger partial charge is 0.281 e. The normalized spacial score (nSPS) is 27.8. The van der Waals surface area contributed by atoms with Crippen LogP contribution in [-0.2, 0) is 4.74 Å². The van der Waals surface area contributed by atoms with Crippen molar-refractivity contribution in [3.8, 4) is 0 Å². The summed E-state index contributed by atoms with van der Waals surface area (Å²) in [6.07, 6.45) is -3.26. The molecule has 0 N–H and O–H groups in total. The molecule has 2 nitrogen and oxygen atoms in total. The largest absolute Gasteiger partial charge is 0.524 e. The molecule has 65 valence electrons. The summed E-state index contributed by atoms with van der Waals surface area (Å²) in [6.45, 7) is 0.626. The second-order valence-electron chi connectivity index (χ2n) is 2.46. The van der Waals surface area contributed by atoms with Crippen molar-refractivity contribution in [1.29, 1.82) is 0 Å². The van der Waals surface area contributed by atoms with Gasteiger partial charge in [0, 0.05) is 13.0 Å². The van der Waals surface area contributed by atoms with E-state index in [-0.39, 0.29) is 0 Å². The van der Waals surface area contributed by atoms with Gasteiger partial charge in [0.15, 0.2) is 0 Å². The van der Waals surface area contributed by atoms with E-state index >= 15 is 0 Å². The Morgan fingerprint density at radius 1 is 1.55 bits per heavy atom. The van der Waals surface area contributed by atoms with Gasteiger partial charge in [0.05, 0.1) is 0 Å². The summed E-state index contributed by atoms with van der Waals surface area (Å²) in [7, 11) is 1.60. The summed E-state index contributed by atoms with van der Waals surface area (Å²) in [5, 5.41) is 0. The van der Waals surface area contributed by atoms with Gasteiger partial charge in [-0.1, -0.05) is 0 Å². The Morgan fingerprint density at radius 3 is 2.55 bits per heavy atom. The number of hydrogen-bond acceptors (Lipinski definition) is 2. The fraction of sp³-hybridized carbons (Fsp3) is 0.833. The van der Waals surface area contributed by atoms with Crippen LogP contribution >= 0.6 is 0 Å². The highest BCUT2D eigenvalue weighted by Gasteiger charge is 2.36. The predicted octanol–water partition coefficient (Wildman–Crippen LogP) is 1.39. The van der Waals surface area contributed by atoms with Gasteiger partial charge in [0.2, 0.25) is 0 Å². The third-order valence-corrected chi connectivity index (χ3v) is 1.54. The SMILES string of the molecule is CN1CC[CH]C1OC(F)(F)F. The van der Waals surface area contributed by atoms with Crippen molar-refractivity contribution in [3.63, 3.8) is 0 Å². The van der Waals surface area contributed by atoms with E-state index in [9.17, 15) is 13.2 Å². The molecule has 11 heavy (non-hydrogen) atoms. The first-order chi connectivity index (χ1) is 4.99. The number of rotatable bonds is 1. The Balaban J connectivity index is 2.37. The molecule has 0 saturated carbocycles. The minimum Gasteiger partial charge on any atom is -0.281 e. The van der Waals surface area contributed by atoms with E-state index in [2.05, 4.69) is 4.74 Å². The van der Waals surface area contributed by atoms with Crippen LogP contribution in [0.25, 0.3) is 0 Å². The van der Waals surface area contributed by atoms with Crippen LogP contribution in [0.15, 0.2) is 0 Å². The van der Waals surface area contributed by atoms with E-state index in [1.165, 1.54) is 11.3 Å². The monoisotopic (exact) mass is 168 g/mol. The summed E-state index contributed by atoms with van der Waals surface area (Å²) in [4.78, 5) is 1.51. The van der Waals surface area contributed by atoms with Gasteiger partial charge in [-0.25, -0.2) is 0 Å². The third-order valence-electron chi connectivity index (χ3n) is 1.54. The highest BCUT2D eigenvalue weighted by Crippen LogP contribution is 2.24.